The Morgan fingerprint density at radius 1 is 1.18 bits per heavy atom. The van der Waals surface area contributed by atoms with Gasteiger partial charge in [-0.15, -0.1) is 0 Å². The van der Waals surface area contributed by atoms with Crippen LogP contribution in [-0.2, 0) is 16.0 Å². The number of carbonyl (C=O) groups excluding carboxylic acids is 2. The van der Waals surface area contributed by atoms with Gasteiger partial charge in [0.05, 0.1) is 24.2 Å². The minimum atomic E-state index is -0.648. The van der Waals surface area contributed by atoms with Gasteiger partial charge >= 0.3 is 6.09 Å². The van der Waals surface area contributed by atoms with Crippen molar-refractivity contribution in [3.05, 3.63) is 52.8 Å². The van der Waals surface area contributed by atoms with Crippen LogP contribution in [-0.4, -0.2) is 46.6 Å². The first-order valence-electron chi connectivity index (χ1n) is 14.0. The second kappa shape index (κ2) is 9.44. The van der Waals surface area contributed by atoms with Gasteiger partial charge in [-0.2, -0.15) is 0 Å². The summed E-state index contributed by atoms with van der Waals surface area (Å²) in [4.78, 5) is 35.9. The molecule has 0 radical (unpaired) electrons. The van der Waals surface area contributed by atoms with E-state index in [0.717, 1.165) is 35.1 Å². The molecule has 2 unspecified atom stereocenters. The highest BCUT2D eigenvalue weighted by Gasteiger charge is 2.42. The van der Waals surface area contributed by atoms with Crippen LogP contribution in [0.5, 0.6) is 0 Å². The number of H-pyrrole nitrogens is 1. The van der Waals surface area contributed by atoms with Crippen molar-refractivity contribution >= 4 is 23.0 Å². The number of nitrogens with one attached hydrogen (secondary N) is 2. The van der Waals surface area contributed by atoms with E-state index >= 15 is 0 Å². The Balaban J connectivity index is 1.31. The van der Waals surface area contributed by atoms with E-state index in [4.69, 9.17) is 9.72 Å². The van der Waals surface area contributed by atoms with Crippen molar-refractivity contribution in [2.24, 2.45) is 17.8 Å². The van der Waals surface area contributed by atoms with Crippen molar-refractivity contribution in [3.63, 3.8) is 0 Å². The number of aryl methyl sites for hydroxylation is 1. The molecule has 2 fully saturated rings. The summed E-state index contributed by atoms with van der Waals surface area (Å²) in [6.07, 6.45) is 4.11. The van der Waals surface area contributed by atoms with Crippen LogP contribution >= 0.6 is 0 Å². The summed E-state index contributed by atoms with van der Waals surface area (Å²) in [5, 5.41) is 2.73. The third-order valence-corrected chi connectivity index (χ3v) is 9.14. The summed E-state index contributed by atoms with van der Waals surface area (Å²) in [7, 11) is 1.32. The van der Waals surface area contributed by atoms with Gasteiger partial charge in [0.25, 0.3) is 0 Å². The van der Waals surface area contributed by atoms with Crippen molar-refractivity contribution in [2.75, 3.05) is 13.7 Å². The molecule has 6 rings (SSSR count). The molecule has 7 heteroatoms. The van der Waals surface area contributed by atoms with Gasteiger partial charge in [-0.3, -0.25) is 4.79 Å². The number of hydrogen-bond donors (Lipinski definition) is 2. The smallest absolute Gasteiger partial charge is 0.407 e. The Morgan fingerprint density at radius 2 is 2.00 bits per heavy atom. The van der Waals surface area contributed by atoms with Gasteiger partial charge in [0.15, 0.2) is 0 Å². The molecule has 1 aliphatic heterocycles. The maximum absolute atomic E-state index is 13.6. The molecule has 2 aromatic carbocycles. The number of aromatic amines is 1. The second-order valence-electron chi connectivity index (χ2n) is 12.0. The van der Waals surface area contributed by atoms with Gasteiger partial charge in [0, 0.05) is 6.54 Å². The molecule has 2 N–H and O–H groups in total. The Bertz CT molecular complexity index is 1410. The van der Waals surface area contributed by atoms with Crippen LogP contribution in [0.4, 0.5) is 4.79 Å². The van der Waals surface area contributed by atoms with Crippen molar-refractivity contribution in [1.82, 2.24) is 20.2 Å². The summed E-state index contributed by atoms with van der Waals surface area (Å²) < 4.78 is 4.77. The largest absolute Gasteiger partial charge is 0.453 e. The highest BCUT2D eigenvalue weighted by molar-refractivity contribution is 5.87. The van der Waals surface area contributed by atoms with Gasteiger partial charge < -0.3 is 19.9 Å². The zero-order valence-corrected chi connectivity index (χ0v) is 23.0. The third kappa shape index (κ3) is 4.07. The molecule has 38 heavy (non-hydrogen) atoms. The average molecular weight is 515 g/mol. The zero-order valence-electron chi connectivity index (χ0n) is 23.0. The van der Waals surface area contributed by atoms with Crippen LogP contribution in [0.15, 0.2) is 30.3 Å². The lowest BCUT2D eigenvalue weighted by atomic mass is 9.73. The molecule has 2 amide bonds. The number of fused-ring (bicyclic) bond motifs is 4. The molecule has 0 spiro atoms. The predicted molar refractivity (Wildman–Crippen MR) is 148 cm³/mol. The van der Waals surface area contributed by atoms with Gasteiger partial charge in [0.2, 0.25) is 5.91 Å². The Hall–Kier alpha value is -3.35. The minimum Gasteiger partial charge on any atom is -0.453 e. The third-order valence-electron chi connectivity index (χ3n) is 9.14. The summed E-state index contributed by atoms with van der Waals surface area (Å²) in [6, 6.07) is 10.3. The molecule has 0 bridgehead atoms. The molecule has 2 aliphatic carbocycles. The van der Waals surface area contributed by atoms with Crippen LogP contribution in [0.25, 0.3) is 22.2 Å². The first kappa shape index (κ1) is 25.0. The first-order chi connectivity index (χ1) is 18.2. The van der Waals surface area contributed by atoms with E-state index in [-0.39, 0.29) is 17.9 Å². The quantitative estimate of drug-likeness (QED) is 0.445. The van der Waals surface area contributed by atoms with Crippen molar-refractivity contribution in [3.8, 4) is 11.1 Å². The van der Waals surface area contributed by atoms with Crippen molar-refractivity contribution in [1.29, 1.82) is 0 Å². The number of rotatable bonds is 5. The van der Waals surface area contributed by atoms with Gasteiger partial charge in [0.1, 0.15) is 11.9 Å². The number of likely N-dealkylation sites (tertiary alicyclic amines) is 1. The predicted octanol–water partition coefficient (Wildman–Crippen LogP) is 5.88. The topological polar surface area (TPSA) is 87.3 Å². The molecule has 3 aliphatic rings. The van der Waals surface area contributed by atoms with E-state index in [0.29, 0.717) is 12.5 Å². The Morgan fingerprint density at radius 3 is 2.71 bits per heavy atom. The Labute approximate surface area is 224 Å². The van der Waals surface area contributed by atoms with E-state index < -0.39 is 12.1 Å². The van der Waals surface area contributed by atoms with E-state index in [1.54, 1.807) is 5.56 Å². The number of hydrogen-bond acceptors (Lipinski definition) is 4. The number of imidazole rings is 1. The van der Waals surface area contributed by atoms with Crippen molar-refractivity contribution in [2.45, 2.75) is 71.4 Å². The molecular weight excluding hydrogens is 476 g/mol. The number of benzene rings is 2. The summed E-state index contributed by atoms with van der Waals surface area (Å²) in [5.74, 6) is 2.56. The number of carbonyl (C=O) groups is 2. The number of amides is 2. The van der Waals surface area contributed by atoms with Crippen LogP contribution in [0, 0.1) is 24.7 Å². The molecule has 1 saturated carbocycles. The van der Waals surface area contributed by atoms with Crippen LogP contribution in [0.3, 0.4) is 0 Å². The minimum absolute atomic E-state index is 0.0668. The normalized spacial score (nSPS) is 24.7. The van der Waals surface area contributed by atoms with Gasteiger partial charge in [-0.05, 0) is 96.2 Å². The Kier molecular flexibility index (Phi) is 6.20. The highest BCUT2D eigenvalue weighted by atomic mass is 16.5. The maximum atomic E-state index is 13.6. The maximum Gasteiger partial charge on any atom is 0.407 e. The fourth-order valence-corrected chi connectivity index (χ4v) is 7.03. The number of alkyl carbamates (subject to hydrolysis) is 1. The van der Waals surface area contributed by atoms with Gasteiger partial charge in [-0.25, -0.2) is 9.78 Å². The lowest BCUT2D eigenvalue weighted by molar-refractivity contribution is -0.135. The molecule has 1 saturated heterocycles. The van der Waals surface area contributed by atoms with Gasteiger partial charge in [-0.1, -0.05) is 39.0 Å². The molecule has 7 nitrogen and oxygen atoms in total. The number of ether oxygens (including phenoxy) is 1. The average Bonchev–Trinajstić information content (AvgIpc) is 3.55. The number of methoxy groups -OCH3 is 1. The summed E-state index contributed by atoms with van der Waals surface area (Å²) in [6.45, 7) is 8.92. The van der Waals surface area contributed by atoms with Crippen LogP contribution in [0.1, 0.15) is 74.5 Å². The lowest BCUT2D eigenvalue weighted by Gasteiger charge is -2.31. The SMILES string of the molecule is COC(=O)N[C@H](C(=O)N1C[C@@H](C)C[C@H]1c1nc2ccc(-c3ccc(C)c4c3CC3CCC43)cc2[nH]1)C(C)C. The fourth-order valence-electron chi connectivity index (χ4n) is 7.03. The molecule has 5 atom stereocenters. The first-order valence-corrected chi connectivity index (χ1v) is 14.0. The monoisotopic (exact) mass is 514 g/mol. The molecular formula is C31H38N4O3. The van der Waals surface area contributed by atoms with Crippen molar-refractivity contribution < 1.29 is 14.3 Å². The lowest BCUT2D eigenvalue weighted by Crippen LogP contribution is -2.51. The van der Waals surface area contributed by atoms with E-state index in [9.17, 15) is 9.59 Å². The number of aromatic nitrogens is 2. The second-order valence-corrected chi connectivity index (χ2v) is 12.0. The summed E-state index contributed by atoms with van der Waals surface area (Å²) >= 11 is 0. The van der Waals surface area contributed by atoms with E-state index in [2.05, 4.69) is 54.5 Å². The van der Waals surface area contributed by atoms with E-state index in [1.807, 2.05) is 18.7 Å². The molecule has 200 valence electrons. The molecule has 3 aromatic rings. The standard InChI is InChI=1S/C31H38N4O3/c1-16(2)28(34-31(37)38-5)30(36)35-15-17(3)12-26(35)29-32-24-11-8-20(14-25(24)33-29)21-9-6-18(4)27-22-10-7-19(22)13-23(21)27/h6,8-9,11,14,16-17,19,22,26,28H,7,10,12-13,15H2,1-5H3,(H,32,33)(H,34,37)/t17-,19?,22?,26-,28-/m0/s1. The van der Waals surface area contributed by atoms with Crippen LogP contribution < -0.4 is 5.32 Å². The number of nitrogens with zero attached hydrogens (tertiary/aromatic N) is 2. The fraction of sp³-hybridized carbons (Fsp3) is 0.516. The van der Waals surface area contributed by atoms with E-state index in [1.165, 1.54) is 48.6 Å². The molecule has 1 aromatic heterocycles. The molecule has 2 heterocycles. The van der Waals surface area contributed by atoms with Crippen LogP contribution in [0.2, 0.25) is 0 Å². The summed E-state index contributed by atoms with van der Waals surface area (Å²) in [5.41, 5.74) is 9.04. The zero-order chi connectivity index (χ0) is 26.7. The highest BCUT2D eigenvalue weighted by Crippen LogP contribution is 2.54.